The van der Waals surface area contributed by atoms with E-state index in [9.17, 15) is 4.79 Å². The normalized spacial score (nSPS) is 38.4. The summed E-state index contributed by atoms with van der Waals surface area (Å²) in [6.07, 6.45) is -0.790. The summed E-state index contributed by atoms with van der Waals surface area (Å²) in [5.41, 5.74) is 0.371. The first-order valence-corrected chi connectivity index (χ1v) is 12.9. The van der Waals surface area contributed by atoms with Gasteiger partial charge in [-0.3, -0.25) is 4.79 Å². The van der Waals surface area contributed by atoms with Crippen LogP contribution >= 0.6 is 0 Å². The van der Waals surface area contributed by atoms with E-state index in [1.807, 2.05) is 44.2 Å². The molecule has 5 atom stereocenters. The Morgan fingerprint density at radius 2 is 1.81 bits per heavy atom. The van der Waals surface area contributed by atoms with Crippen LogP contribution < -0.4 is 0 Å². The van der Waals surface area contributed by atoms with Crippen LogP contribution in [0.4, 0.5) is 0 Å². The molecule has 0 bridgehead atoms. The molecule has 0 radical (unpaired) electrons. The van der Waals surface area contributed by atoms with Crippen LogP contribution in [-0.4, -0.2) is 43.7 Å². The van der Waals surface area contributed by atoms with Crippen molar-refractivity contribution >= 4 is 13.9 Å². The minimum Gasteiger partial charge on any atom is -0.367 e. The van der Waals surface area contributed by atoms with E-state index in [2.05, 4.69) is 19.6 Å². The van der Waals surface area contributed by atoms with Gasteiger partial charge in [0, 0.05) is 6.42 Å². The lowest BCUT2D eigenvalue weighted by atomic mass is 9.73. The van der Waals surface area contributed by atoms with Gasteiger partial charge in [-0.1, -0.05) is 50.0 Å². The number of fused-ring (bicyclic) bond motifs is 1. The molecule has 2 heterocycles. The molecular formula is C20H28O5Si. The highest BCUT2D eigenvalue weighted by molar-refractivity contribution is 6.79. The van der Waals surface area contributed by atoms with E-state index in [0.29, 0.717) is 13.0 Å². The molecule has 1 aromatic rings. The van der Waals surface area contributed by atoms with E-state index < -0.39 is 31.9 Å². The van der Waals surface area contributed by atoms with Gasteiger partial charge in [-0.15, -0.1) is 0 Å². The number of ketones is 1. The average Bonchev–Trinajstić information content (AvgIpc) is 3.01. The molecule has 26 heavy (non-hydrogen) atoms. The number of benzene rings is 1. The first-order valence-electron chi connectivity index (χ1n) is 9.36. The van der Waals surface area contributed by atoms with Crippen molar-refractivity contribution in [1.29, 1.82) is 0 Å². The Balaban J connectivity index is 1.64. The molecular weight excluding hydrogens is 348 g/mol. The van der Waals surface area contributed by atoms with E-state index in [1.165, 1.54) is 0 Å². The molecule has 0 amide bonds. The van der Waals surface area contributed by atoms with Crippen LogP contribution in [-0.2, 0) is 30.3 Å². The average molecular weight is 377 g/mol. The molecule has 0 N–H and O–H groups in total. The third-order valence-corrected chi connectivity index (χ3v) is 8.50. The van der Waals surface area contributed by atoms with Crippen molar-refractivity contribution in [3.63, 3.8) is 0 Å². The topological polar surface area (TPSA) is 54.0 Å². The molecule has 1 aromatic carbocycles. The second kappa shape index (κ2) is 5.97. The van der Waals surface area contributed by atoms with Gasteiger partial charge in [0.05, 0.1) is 14.7 Å². The third-order valence-electron chi connectivity index (χ3n) is 5.78. The summed E-state index contributed by atoms with van der Waals surface area (Å²) in [5.74, 6) is -0.602. The Hall–Kier alpha value is -1.05. The lowest BCUT2D eigenvalue weighted by Crippen LogP contribution is -2.67. The standard InChI is InChI=1S/C20H28O5Si/c1-19(2)23-16-17(22-12-13-9-7-6-8-10-13)20(25-18(16)24-19)14(21)11-15(20)26(3,4)5/h6-10,15-18H,11-12H2,1-5H3/t15?,16?,17-,18-,20+/m0/s1. The zero-order chi connectivity index (χ0) is 18.7. The molecule has 2 saturated heterocycles. The fourth-order valence-electron chi connectivity index (χ4n) is 4.55. The minimum absolute atomic E-state index is 0.127. The predicted octanol–water partition coefficient (Wildman–Crippen LogP) is 3.50. The Kier molecular flexibility index (Phi) is 4.21. The summed E-state index contributed by atoms with van der Waals surface area (Å²) in [4.78, 5) is 12.8. The van der Waals surface area contributed by atoms with Gasteiger partial charge in [-0.05, 0) is 25.0 Å². The number of carbonyl (C=O) groups is 1. The van der Waals surface area contributed by atoms with Crippen molar-refractivity contribution in [1.82, 2.24) is 0 Å². The lowest BCUT2D eigenvalue weighted by molar-refractivity contribution is -0.251. The smallest absolute Gasteiger partial charge is 0.191 e. The van der Waals surface area contributed by atoms with E-state index >= 15 is 0 Å². The van der Waals surface area contributed by atoms with E-state index in [0.717, 1.165) is 5.56 Å². The number of Topliss-reactive ketones (excluding diaryl/α,β-unsaturated/α-hetero) is 1. The molecule has 2 aliphatic heterocycles. The second-order valence-electron chi connectivity index (χ2n) is 9.14. The summed E-state index contributed by atoms with van der Waals surface area (Å²) in [6.45, 7) is 11.0. The Labute approximate surface area is 156 Å². The van der Waals surface area contributed by atoms with Crippen molar-refractivity contribution in [2.75, 3.05) is 0 Å². The van der Waals surface area contributed by atoms with Gasteiger partial charge in [0.25, 0.3) is 0 Å². The van der Waals surface area contributed by atoms with Gasteiger partial charge < -0.3 is 18.9 Å². The van der Waals surface area contributed by atoms with Gasteiger partial charge in [0.1, 0.15) is 12.2 Å². The summed E-state index contributed by atoms with van der Waals surface area (Å²) < 4.78 is 24.7. The van der Waals surface area contributed by atoms with Crippen LogP contribution in [0.25, 0.3) is 0 Å². The van der Waals surface area contributed by atoms with Crippen molar-refractivity contribution < 1.29 is 23.7 Å². The van der Waals surface area contributed by atoms with Gasteiger partial charge in [0.15, 0.2) is 23.5 Å². The molecule has 3 aliphatic rings. The molecule has 6 heteroatoms. The summed E-state index contributed by atoms with van der Waals surface area (Å²) in [7, 11) is -1.62. The van der Waals surface area contributed by atoms with Crippen LogP contribution in [0.3, 0.4) is 0 Å². The summed E-state index contributed by atoms with van der Waals surface area (Å²) in [6, 6.07) is 10.00. The fourth-order valence-corrected chi connectivity index (χ4v) is 7.03. The molecule has 4 rings (SSSR count). The maximum atomic E-state index is 12.8. The fraction of sp³-hybridized carbons (Fsp3) is 0.650. The molecule has 142 valence electrons. The highest BCUT2D eigenvalue weighted by atomic mass is 28.3. The van der Waals surface area contributed by atoms with E-state index in [4.69, 9.17) is 18.9 Å². The molecule has 1 saturated carbocycles. The van der Waals surface area contributed by atoms with Crippen molar-refractivity contribution in [2.24, 2.45) is 0 Å². The molecule has 5 nitrogen and oxygen atoms in total. The van der Waals surface area contributed by atoms with Crippen molar-refractivity contribution in [3.8, 4) is 0 Å². The van der Waals surface area contributed by atoms with Crippen LogP contribution in [0.5, 0.6) is 0 Å². The van der Waals surface area contributed by atoms with Crippen LogP contribution in [0.15, 0.2) is 30.3 Å². The highest BCUT2D eigenvalue weighted by Gasteiger charge is 2.74. The quantitative estimate of drug-likeness (QED) is 0.753. The van der Waals surface area contributed by atoms with Gasteiger partial charge in [-0.25, -0.2) is 0 Å². The van der Waals surface area contributed by atoms with E-state index in [-0.39, 0.29) is 17.4 Å². The van der Waals surface area contributed by atoms with E-state index in [1.54, 1.807) is 0 Å². The number of ether oxygens (including phenoxy) is 4. The lowest BCUT2D eigenvalue weighted by Gasteiger charge is -2.53. The zero-order valence-electron chi connectivity index (χ0n) is 16.2. The highest BCUT2D eigenvalue weighted by Crippen LogP contribution is 2.59. The monoisotopic (exact) mass is 376 g/mol. The van der Waals surface area contributed by atoms with Crippen LogP contribution in [0.2, 0.25) is 25.2 Å². The maximum Gasteiger partial charge on any atom is 0.191 e. The van der Waals surface area contributed by atoms with Gasteiger partial charge in [-0.2, -0.15) is 0 Å². The number of rotatable bonds is 4. The number of hydrogen-bond donors (Lipinski definition) is 0. The van der Waals surface area contributed by atoms with Crippen molar-refractivity contribution in [2.45, 2.75) is 81.9 Å². The maximum absolute atomic E-state index is 12.8. The second-order valence-corrected chi connectivity index (χ2v) is 14.6. The largest absolute Gasteiger partial charge is 0.367 e. The molecule has 2 unspecified atom stereocenters. The minimum atomic E-state index is -1.62. The van der Waals surface area contributed by atoms with Gasteiger partial charge >= 0.3 is 0 Å². The van der Waals surface area contributed by atoms with Gasteiger partial charge in [0.2, 0.25) is 0 Å². The first-order chi connectivity index (χ1) is 12.1. The first kappa shape index (κ1) is 18.3. The Bertz CT molecular complexity index is 698. The number of hydrogen-bond acceptors (Lipinski definition) is 5. The Morgan fingerprint density at radius 3 is 2.42 bits per heavy atom. The molecule has 3 fully saturated rings. The third kappa shape index (κ3) is 2.79. The predicted molar refractivity (Wildman–Crippen MR) is 99.4 cm³/mol. The van der Waals surface area contributed by atoms with Crippen molar-refractivity contribution in [3.05, 3.63) is 35.9 Å². The summed E-state index contributed by atoms with van der Waals surface area (Å²) in [5, 5.41) is 0. The van der Waals surface area contributed by atoms with Crippen LogP contribution in [0, 0.1) is 0 Å². The Morgan fingerprint density at radius 1 is 1.12 bits per heavy atom. The van der Waals surface area contributed by atoms with Crippen LogP contribution in [0.1, 0.15) is 25.8 Å². The number of carbonyl (C=O) groups excluding carboxylic acids is 1. The summed E-state index contributed by atoms with van der Waals surface area (Å²) >= 11 is 0. The molecule has 1 aliphatic carbocycles. The molecule has 0 aromatic heterocycles. The zero-order valence-corrected chi connectivity index (χ0v) is 17.2. The SMILES string of the molecule is CC1(C)OC2[C@@H](O1)O[C@@]1(C(=O)CC1[Si](C)(C)C)[C@H]2OCc1ccccc1. The molecule has 1 spiro atoms.